The molecule has 0 spiro atoms. The van der Waals surface area contributed by atoms with Crippen molar-refractivity contribution in [2.24, 2.45) is 5.92 Å². The molecule has 2 aromatic rings. The van der Waals surface area contributed by atoms with Crippen LogP contribution in [0.1, 0.15) is 55.6 Å². The summed E-state index contributed by atoms with van der Waals surface area (Å²) in [5.74, 6) is -0.786. The zero-order valence-electron chi connectivity index (χ0n) is 19.2. The number of rotatable bonds is 6. The van der Waals surface area contributed by atoms with Crippen molar-refractivity contribution in [1.29, 1.82) is 0 Å². The van der Waals surface area contributed by atoms with Gasteiger partial charge in [-0.3, -0.25) is 9.59 Å². The molecular formula is C27H30N2O5. The molecule has 2 fully saturated rings. The van der Waals surface area contributed by atoms with Crippen LogP contribution in [-0.2, 0) is 14.3 Å². The molecule has 1 saturated carbocycles. The quantitative estimate of drug-likeness (QED) is 0.672. The molecular weight excluding hydrogens is 432 g/mol. The number of benzene rings is 2. The zero-order chi connectivity index (χ0) is 23.7. The number of carbonyl (C=O) groups is 3. The van der Waals surface area contributed by atoms with Gasteiger partial charge in [-0.2, -0.15) is 0 Å². The second-order valence-corrected chi connectivity index (χ2v) is 9.72. The summed E-state index contributed by atoms with van der Waals surface area (Å²) in [7, 11) is 0. The third-order valence-corrected chi connectivity index (χ3v) is 7.67. The summed E-state index contributed by atoms with van der Waals surface area (Å²) < 4.78 is 5.68. The minimum atomic E-state index is -0.901. The van der Waals surface area contributed by atoms with Gasteiger partial charge in [0.05, 0.1) is 0 Å². The first-order valence-corrected chi connectivity index (χ1v) is 12.1. The Morgan fingerprint density at radius 2 is 1.56 bits per heavy atom. The Labute approximate surface area is 199 Å². The maximum absolute atomic E-state index is 13.3. The number of carboxylic acid groups (broad SMARTS) is 1. The van der Waals surface area contributed by atoms with Crippen LogP contribution in [0.5, 0.6) is 0 Å². The fraction of sp³-hybridized carbons (Fsp3) is 0.444. The Morgan fingerprint density at radius 3 is 2.09 bits per heavy atom. The first kappa shape index (κ1) is 22.4. The average molecular weight is 463 g/mol. The smallest absolute Gasteiger partial charge is 0.408 e. The first-order chi connectivity index (χ1) is 16.5. The number of amides is 2. The number of piperidine rings is 1. The number of likely N-dealkylation sites (tertiary alicyclic amines) is 1. The van der Waals surface area contributed by atoms with Crippen LogP contribution >= 0.6 is 0 Å². The van der Waals surface area contributed by atoms with Gasteiger partial charge < -0.3 is 20.1 Å². The maximum Gasteiger partial charge on any atom is 0.408 e. The van der Waals surface area contributed by atoms with Gasteiger partial charge in [0.1, 0.15) is 12.1 Å². The van der Waals surface area contributed by atoms with Crippen molar-refractivity contribution in [3.8, 4) is 11.1 Å². The van der Waals surface area contributed by atoms with Crippen LogP contribution in [-0.4, -0.2) is 53.2 Å². The third-order valence-electron chi connectivity index (χ3n) is 7.67. The average Bonchev–Trinajstić information content (AvgIpc) is 3.13. The summed E-state index contributed by atoms with van der Waals surface area (Å²) in [5.41, 5.74) is 3.74. The van der Waals surface area contributed by atoms with E-state index in [2.05, 4.69) is 29.6 Å². The van der Waals surface area contributed by atoms with E-state index in [0.29, 0.717) is 38.8 Å². The van der Waals surface area contributed by atoms with Gasteiger partial charge in [-0.1, -0.05) is 48.5 Å². The Balaban J connectivity index is 1.21. The second-order valence-electron chi connectivity index (χ2n) is 9.72. The van der Waals surface area contributed by atoms with Crippen molar-refractivity contribution in [2.45, 2.75) is 50.0 Å². The van der Waals surface area contributed by atoms with Crippen LogP contribution in [0.15, 0.2) is 48.5 Å². The van der Waals surface area contributed by atoms with E-state index in [1.54, 1.807) is 4.90 Å². The van der Waals surface area contributed by atoms with E-state index in [-0.39, 0.29) is 30.8 Å². The molecule has 3 aliphatic rings. The summed E-state index contributed by atoms with van der Waals surface area (Å²) in [6.07, 6.45) is 3.03. The molecule has 34 heavy (non-hydrogen) atoms. The van der Waals surface area contributed by atoms with Gasteiger partial charge in [0, 0.05) is 25.4 Å². The zero-order valence-corrected chi connectivity index (χ0v) is 19.2. The monoisotopic (exact) mass is 462 g/mol. The fourth-order valence-electron chi connectivity index (χ4n) is 5.64. The number of hydrogen-bond acceptors (Lipinski definition) is 4. The van der Waals surface area contributed by atoms with E-state index >= 15 is 0 Å². The molecule has 7 heteroatoms. The van der Waals surface area contributed by atoms with Crippen molar-refractivity contribution >= 4 is 18.0 Å². The van der Waals surface area contributed by atoms with Crippen LogP contribution < -0.4 is 5.32 Å². The predicted octanol–water partition coefficient (Wildman–Crippen LogP) is 4.16. The largest absolute Gasteiger partial charge is 0.481 e. The Kier molecular flexibility index (Phi) is 6.02. The number of carbonyl (C=O) groups excluding carboxylic acids is 2. The number of aliphatic carboxylic acids is 1. The molecule has 0 unspecified atom stereocenters. The number of alkyl carbamates (subject to hydrolysis) is 1. The van der Waals surface area contributed by atoms with Gasteiger partial charge in [0.25, 0.3) is 0 Å². The Morgan fingerprint density at radius 1 is 0.971 bits per heavy atom. The minimum absolute atomic E-state index is 0.0283. The lowest BCUT2D eigenvalue weighted by Crippen LogP contribution is -2.64. The number of fused-ring (bicyclic) bond motifs is 3. The number of carboxylic acids is 1. The molecule has 2 aromatic carbocycles. The molecule has 1 aliphatic heterocycles. The highest BCUT2D eigenvalue weighted by atomic mass is 16.5. The summed E-state index contributed by atoms with van der Waals surface area (Å²) >= 11 is 0. The molecule has 2 N–H and O–H groups in total. The highest BCUT2D eigenvalue weighted by Gasteiger charge is 2.48. The highest BCUT2D eigenvalue weighted by Crippen LogP contribution is 2.44. The molecule has 1 saturated heterocycles. The first-order valence-electron chi connectivity index (χ1n) is 12.1. The molecule has 2 aliphatic carbocycles. The van der Waals surface area contributed by atoms with Gasteiger partial charge in [0.2, 0.25) is 5.91 Å². The molecule has 1 heterocycles. The number of nitrogens with one attached hydrogen (secondary N) is 1. The molecule has 5 rings (SSSR count). The Hall–Kier alpha value is -3.35. The van der Waals surface area contributed by atoms with Crippen molar-refractivity contribution in [3.05, 3.63) is 59.7 Å². The lowest BCUT2D eigenvalue weighted by Gasteiger charge is -2.45. The van der Waals surface area contributed by atoms with Gasteiger partial charge in [-0.05, 0) is 60.3 Å². The predicted molar refractivity (Wildman–Crippen MR) is 126 cm³/mol. The number of nitrogens with zero attached hydrogens (tertiary/aromatic N) is 1. The lowest BCUT2D eigenvalue weighted by molar-refractivity contribution is -0.144. The maximum atomic E-state index is 13.3. The minimum Gasteiger partial charge on any atom is -0.481 e. The van der Waals surface area contributed by atoms with E-state index in [1.807, 2.05) is 24.3 Å². The molecule has 0 radical (unpaired) electrons. The van der Waals surface area contributed by atoms with Gasteiger partial charge in [-0.25, -0.2) is 4.79 Å². The highest BCUT2D eigenvalue weighted by molar-refractivity contribution is 5.91. The molecule has 0 bridgehead atoms. The van der Waals surface area contributed by atoms with Crippen LogP contribution in [0, 0.1) is 5.92 Å². The number of ether oxygens (including phenoxy) is 1. The molecule has 178 valence electrons. The van der Waals surface area contributed by atoms with Crippen molar-refractivity contribution in [1.82, 2.24) is 10.2 Å². The van der Waals surface area contributed by atoms with Gasteiger partial charge in [-0.15, -0.1) is 0 Å². The molecule has 2 amide bonds. The van der Waals surface area contributed by atoms with Gasteiger partial charge >= 0.3 is 12.1 Å². The molecule has 0 aromatic heterocycles. The SMILES string of the molecule is O=C(O)CC1CCN(C(=O)C2(NC(=O)OCC3c4ccccc4-c4ccccc43)CCC2)CC1. The lowest BCUT2D eigenvalue weighted by atomic mass is 9.75. The van der Waals surface area contributed by atoms with Crippen LogP contribution in [0.2, 0.25) is 0 Å². The summed E-state index contributed by atoms with van der Waals surface area (Å²) in [6.45, 7) is 1.28. The molecule has 7 nitrogen and oxygen atoms in total. The van der Waals surface area contributed by atoms with Crippen LogP contribution in [0.25, 0.3) is 11.1 Å². The van der Waals surface area contributed by atoms with Crippen molar-refractivity contribution in [3.63, 3.8) is 0 Å². The summed E-state index contributed by atoms with van der Waals surface area (Å²) in [5, 5.41) is 11.9. The van der Waals surface area contributed by atoms with E-state index in [9.17, 15) is 14.4 Å². The van der Waals surface area contributed by atoms with E-state index in [4.69, 9.17) is 9.84 Å². The standard InChI is InChI=1S/C27H30N2O5/c30-24(31)16-18-10-14-29(15-11-18)25(32)27(12-5-13-27)28-26(33)34-17-23-21-8-3-1-6-19(21)20-7-2-4-9-22(20)23/h1-4,6-9,18,23H,5,10-17H2,(H,28,33)(H,30,31). The fourth-order valence-corrected chi connectivity index (χ4v) is 5.64. The normalized spacial score (nSPS) is 19.0. The van der Waals surface area contributed by atoms with Crippen LogP contribution in [0.4, 0.5) is 4.79 Å². The third kappa shape index (κ3) is 4.15. The summed E-state index contributed by atoms with van der Waals surface area (Å²) in [6, 6.07) is 16.4. The van der Waals surface area contributed by atoms with Gasteiger partial charge in [0.15, 0.2) is 0 Å². The topological polar surface area (TPSA) is 95.9 Å². The van der Waals surface area contributed by atoms with Crippen molar-refractivity contribution in [2.75, 3.05) is 19.7 Å². The van der Waals surface area contributed by atoms with E-state index in [0.717, 1.165) is 17.5 Å². The van der Waals surface area contributed by atoms with Crippen molar-refractivity contribution < 1.29 is 24.2 Å². The summed E-state index contributed by atoms with van der Waals surface area (Å²) in [4.78, 5) is 38.9. The second kappa shape index (κ2) is 9.12. The van der Waals surface area contributed by atoms with E-state index < -0.39 is 17.6 Å². The molecule has 0 atom stereocenters. The van der Waals surface area contributed by atoms with Crippen LogP contribution in [0.3, 0.4) is 0 Å². The van der Waals surface area contributed by atoms with E-state index in [1.165, 1.54) is 11.1 Å². The Bertz CT molecular complexity index is 1060. The number of hydrogen-bond donors (Lipinski definition) is 2.